The number of nitrogens with zero attached hydrogens (tertiary/aromatic N) is 2. The highest BCUT2D eigenvalue weighted by molar-refractivity contribution is 5.91. The molecule has 146 valence electrons. The number of fused-ring (bicyclic) bond motifs is 1. The van der Waals surface area contributed by atoms with E-state index in [0.29, 0.717) is 11.6 Å². The highest BCUT2D eigenvalue weighted by atomic mass is 16.5. The molecule has 8 heteroatoms. The summed E-state index contributed by atoms with van der Waals surface area (Å²) in [6, 6.07) is 6.71. The first kappa shape index (κ1) is 20.4. The number of methoxy groups -OCH3 is 1. The smallest absolute Gasteiger partial charge is 0.328 e. The summed E-state index contributed by atoms with van der Waals surface area (Å²) in [5.74, 6) is 0.626. The molecular weight excluding hydrogens is 346 g/mol. The maximum absolute atomic E-state index is 12.1. The maximum atomic E-state index is 12.1. The van der Waals surface area contributed by atoms with Crippen LogP contribution in [0.5, 0.6) is 0 Å². The van der Waals surface area contributed by atoms with Gasteiger partial charge in [-0.3, -0.25) is 0 Å². The lowest BCUT2D eigenvalue weighted by Gasteiger charge is -2.21. The Morgan fingerprint density at radius 3 is 2.44 bits per heavy atom. The molecule has 1 atom stereocenters. The van der Waals surface area contributed by atoms with Crippen LogP contribution in [0.1, 0.15) is 33.5 Å². The minimum absolute atomic E-state index is 0.00423. The van der Waals surface area contributed by atoms with Crippen LogP contribution >= 0.6 is 0 Å². The fourth-order valence-corrected chi connectivity index (χ4v) is 2.56. The number of hydrogen-bond donors (Lipinski definition) is 3. The number of benzene rings is 1. The molecule has 0 radical (unpaired) electrons. The normalized spacial score (nSPS) is 12.1. The number of nitrogens with one attached hydrogen (secondary N) is 3. The number of anilines is 1. The molecule has 0 aliphatic heterocycles. The number of aromatic nitrogens is 2. The highest BCUT2D eigenvalue weighted by Crippen LogP contribution is 2.22. The Labute approximate surface area is 159 Å². The van der Waals surface area contributed by atoms with E-state index in [9.17, 15) is 9.59 Å². The van der Waals surface area contributed by atoms with Crippen LogP contribution in [0, 0.1) is 5.92 Å². The SMILES string of the molecule is COC(=O)[C@@H](Nc1nc(CNC(=O)NC(C)C)nc2ccccc12)C(C)C. The van der Waals surface area contributed by atoms with Crippen LogP contribution in [0.2, 0.25) is 0 Å². The van der Waals surface area contributed by atoms with Crippen molar-refractivity contribution in [1.29, 1.82) is 0 Å². The monoisotopic (exact) mass is 373 g/mol. The second kappa shape index (κ2) is 9.16. The number of carbonyl (C=O) groups is 2. The Morgan fingerprint density at radius 2 is 1.81 bits per heavy atom. The predicted molar refractivity (Wildman–Crippen MR) is 104 cm³/mol. The molecule has 0 unspecified atom stereocenters. The zero-order valence-electron chi connectivity index (χ0n) is 16.4. The number of esters is 1. The lowest BCUT2D eigenvalue weighted by atomic mass is 10.0. The summed E-state index contributed by atoms with van der Waals surface area (Å²) < 4.78 is 4.89. The fraction of sp³-hybridized carbons (Fsp3) is 0.474. The van der Waals surface area contributed by atoms with Gasteiger partial charge in [-0.05, 0) is 31.9 Å². The van der Waals surface area contributed by atoms with Crippen molar-refractivity contribution in [2.24, 2.45) is 5.92 Å². The van der Waals surface area contributed by atoms with E-state index < -0.39 is 6.04 Å². The largest absolute Gasteiger partial charge is 0.467 e. The number of amides is 2. The van der Waals surface area contributed by atoms with Gasteiger partial charge < -0.3 is 20.7 Å². The standard InChI is InChI=1S/C19H27N5O3/c1-11(2)16(18(25)27-5)24-17-13-8-6-7-9-14(13)22-15(23-17)10-20-19(26)21-12(3)4/h6-9,11-12,16H,10H2,1-5H3,(H2,20,21,26)(H,22,23,24)/t16-/m0/s1. The molecule has 0 spiro atoms. The third-order valence-electron chi connectivity index (χ3n) is 3.89. The molecule has 0 aliphatic carbocycles. The molecule has 2 aromatic rings. The Bertz CT molecular complexity index is 807. The van der Waals surface area contributed by atoms with Crippen LogP contribution in [0.25, 0.3) is 10.9 Å². The molecule has 0 bridgehead atoms. The summed E-state index contributed by atoms with van der Waals surface area (Å²) in [5, 5.41) is 9.46. The molecule has 1 aromatic carbocycles. The second-order valence-electron chi connectivity index (χ2n) is 6.88. The van der Waals surface area contributed by atoms with Gasteiger partial charge in [0.25, 0.3) is 0 Å². The molecule has 2 amide bonds. The molecule has 1 aromatic heterocycles. The predicted octanol–water partition coefficient (Wildman–Crippen LogP) is 2.45. The molecule has 27 heavy (non-hydrogen) atoms. The zero-order valence-corrected chi connectivity index (χ0v) is 16.4. The van der Waals surface area contributed by atoms with Crippen molar-refractivity contribution in [2.45, 2.75) is 46.3 Å². The average Bonchev–Trinajstić information content (AvgIpc) is 2.62. The zero-order chi connectivity index (χ0) is 20.0. The van der Waals surface area contributed by atoms with Gasteiger partial charge >= 0.3 is 12.0 Å². The number of para-hydroxylation sites is 1. The van der Waals surface area contributed by atoms with Gasteiger partial charge in [0.15, 0.2) is 5.82 Å². The van der Waals surface area contributed by atoms with Crippen molar-refractivity contribution in [3.8, 4) is 0 Å². The van der Waals surface area contributed by atoms with E-state index in [2.05, 4.69) is 25.9 Å². The van der Waals surface area contributed by atoms with Crippen LogP contribution in [0.4, 0.5) is 10.6 Å². The molecule has 0 saturated heterocycles. The third kappa shape index (κ3) is 5.54. The lowest BCUT2D eigenvalue weighted by molar-refractivity contribution is -0.142. The Morgan fingerprint density at radius 1 is 1.11 bits per heavy atom. The average molecular weight is 373 g/mol. The van der Waals surface area contributed by atoms with Gasteiger partial charge in [0.05, 0.1) is 19.2 Å². The van der Waals surface area contributed by atoms with E-state index >= 15 is 0 Å². The van der Waals surface area contributed by atoms with Crippen molar-refractivity contribution in [2.75, 3.05) is 12.4 Å². The minimum atomic E-state index is -0.543. The Kier molecular flexibility index (Phi) is 6.92. The molecule has 1 heterocycles. The summed E-state index contributed by atoms with van der Waals surface area (Å²) in [5.41, 5.74) is 0.725. The molecule has 0 saturated carbocycles. The van der Waals surface area contributed by atoms with E-state index in [-0.39, 0.29) is 30.5 Å². The summed E-state index contributed by atoms with van der Waals surface area (Å²) in [7, 11) is 1.36. The summed E-state index contributed by atoms with van der Waals surface area (Å²) in [6.07, 6.45) is 0. The molecule has 8 nitrogen and oxygen atoms in total. The first-order chi connectivity index (χ1) is 12.8. The number of urea groups is 1. The van der Waals surface area contributed by atoms with Crippen LogP contribution in [-0.2, 0) is 16.1 Å². The number of hydrogen-bond acceptors (Lipinski definition) is 6. The van der Waals surface area contributed by atoms with E-state index in [0.717, 1.165) is 10.9 Å². The van der Waals surface area contributed by atoms with E-state index in [1.807, 2.05) is 52.0 Å². The van der Waals surface area contributed by atoms with Gasteiger partial charge in [-0.2, -0.15) is 0 Å². The number of rotatable bonds is 7. The summed E-state index contributed by atoms with van der Waals surface area (Å²) in [6.45, 7) is 7.79. The third-order valence-corrected chi connectivity index (χ3v) is 3.89. The number of ether oxygens (including phenoxy) is 1. The maximum Gasteiger partial charge on any atom is 0.328 e. The van der Waals surface area contributed by atoms with Crippen molar-refractivity contribution in [3.63, 3.8) is 0 Å². The van der Waals surface area contributed by atoms with Gasteiger partial charge in [-0.15, -0.1) is 0 Å². The molecule has 2 rings (SSSR count). The lowest BCUT2D eigenvalue weighted by Crippen LogP contribution is -2.39. The Balaban J connectivity index is 2.31. The van der Waals surface area contributed by atoms with Crippen LogP contribution < -0.4 is 16.0 Å². The van der Waals surface area contributed by atoms with Crippen LogP contribution in [0.3, 0.4) is 0 Å². The van der Waals surface area contributed by atoms with Crippen LogP contribution in [-0.4, -0.2) is 41.2 Å². The topological polar surface area (TPSA) is 105 Å². The van der Waals surface area contributed by atoms with Gasteiger partial charge in [0.1, 0.15) is 11.9 Å². The summed E-state index contributed by atoms with van der Waals surface area (Å²) in [4.78, 5) is 32.9. The minimum Gasteiger partial charge on any atom is -0.467 e. The number of carbonyl (C=O) groups excluding carboxylic acids is 2. The van der Waals surface area contributed by atoms with E-state index in [1.165, 1.54) is 7.11 Å². The second-order valence-corrected chi connectivity index (χ2v) is 6.88. The summed E-state index contributed by atoms with van der Waals surface area (Å²) >= 11 is 0. The molecular formula is C19H27N5O3. The highest BCUT2D eigenvalue weighted by Gasteiger charge is 2.24. The van der Waals surface area contributed by atoms with Crippen molar-refractivity contribution in [3.05, 3.63) is 30.1 Å². The molecule has 0 aliphatic rings. The van der Waals surface area contributed by atoms with Crippen molar-refractivity contribution >= 4 is 28.7 Å². The molecule has 3 N–H and O–H groups in total. The fourth-order valence-electron chi connectivity index (χ4n) is 2.56. The van der Waals surface area contributed by atoms with E-state index in [1.54, 1.807) is 0 Å². The quantitative estimate of drug-likeness (QED) is 0.644. The van der Waals surface area contributed by atoms with Crippen molar-refractivity contribution in [1.82, 2.24) is 20.6 Å². The van der Waals surface area contributed by atoms with Crippen molar-refractivity contribution < 1.29 is 14.3 Å². The first-order valence-electron chi connectivity index (χ1n) is 8.96. The van der Waals surface area contributed by atoms with E-state index in [4.69, 9.17) is 4.74 Å². The van der Waals surface area contributed by atoms with Crippen LogP contribution in [0.15, 0.2) is 24.3 Å². The molecule has 0 fully saturated rings. The Hall–Kier alpha value is -2.90. The van der Waals surface area contributed by atoms with Gasteiger partial charge in [-0.1, -0.05) is 26.0 Å². The van der Waals surface area contributed by atoms with Gasteiger partial charge in [0.2, 0.25) is 0 Å². The van der Waals surface area contributed by atoms with Gasteiger partial charge in [0, 0.05) is 11.4 Å². The first-order valence-corrected chi connectivity index (χ1v) is 8.96. The van der Waals surface area contributed by atoms with Gasteiger partial charge in [-0.25, -0.2) is 19.6 Å².